The molecule has 3 aromatic rings. The number of benzene rings is 2. The Morgan fingerprint density at radius 1 is 1.00 bits per heavy atom. The number of nitrogens with two attached hydrogens (primary N) is 1. The monoisotopic (exact) mass is 536 g/mol. The smallest absolute Gasteiger partial charge is 0.254 e. The van der Waals surface area contributed by atoms with E-state index in [-0.39, 0.29) is 17.6 Å². The summed E-state index contributed by atoms with van der Waals surface area (Å²) in [5, 5.41) is 8.29. The lowest BCUT2D eigenvalue weighted by Gasteiger charge is -2.38. The minimum atomic E-state index is -0.524. The molecule has 1 aromatic heterocycles. The fourth-order valence-electron chi connectivity index (χ4n) is 5.77. The Labute approximate surface area is 233 Å². The number of aromatic nitrogens is 2. The van der Waals surface area contributed by atoms with E-state index in [0.717, 1.165) is 43.4 Å². The van der Waals surface area contributed by atoms with Crippen LogP contribution >= 0.6 is 0 Å². The Kier molecular flexibility index (Phi) is 6.99. The van der Waals surface area contributed by atoms with Crippen molar-refractivity contribution in [3.05, 3.63) is 83.4 Å². The number of amides is 2. The number of fused-ring (bicyclic) bond motifs is 1. The van der Waals surface area contributed by atoms with Crippen molar-refractivity contribution in [1.29, 1.82) is 0 Å². The largest absolute Gasteiger partial charge is 0.457 e. The molecule has 3 aliphatic rings. The molecule has 3 N–H and O–H groups in total. The molecule has 1 aliphatic carbocycles. The molecule has 204 valence electrons. The quantitative estimate of drug-likeness (QED) is 0.317. The van der Waals surface area contributed by atoms with Crippen molar-refractivity contribution in [3.8, 4) is 22.8 Å². The number of allylic oxidation sites excluding steroid dienone is 1. The number of piperidine rings is 1. The average Bonchev–Trinajstić information content (AvgIpc) is 3.72. The molecule has 9 nitrogen and oxygen atoms in total. The molecule has 3 heterocycles. The molecule has 1 saturated heterocycles. The van der Waals surface area contributed by atoms with Gasteiger partial charge in [0.25, 0.3) is 11.8 Å². The minimum absolute atomic E-state index is 0.0865. The molecule has 40 heavy (non-hydrogen) atoms. The van der Waals surface area contributed by atoms with E-state index in [4.69, 9.17) is 22.1 Å². The minimum Gasteiger partial charge on any atom is -0.457 e. The average molecular weight is 537 g/mol. The van der Waals surface area contributed by atoms with Crippen LogP contribution in [0.15, 0.2) is 66.4 Å². The number of rotatable bonds is 7. The molecule has 6 rings (SSSR count). The van der Waals surface area contributed by atoms with Crippen LogP contribution in [0.3, 0.4) is 0 Å². The first kappa shape index (κ1) is 25.7. The van der Waals surface area contributed by atoms with Gasteiger partial charge in [-0.25, -0.2) is 9.53 Å². The molecule has 2 aromatic carbocycles. The van der Waals surface area contributed by atoms with Gasteiger partial charge < -0.3 is 20.7 Å². The second-order valence-corrected chi connectivity index (χ2v) is 10.7. The Morgan fingerprint density at radius 3 is 2.35 bits per heavy atom. The van der Waals surface area contributed by atoms with Crippen molar-refractivity contribution in [1.82, 2.24) is 14.7 Å². The third kappa shape index (κ3) is 5.17. The molecule has 9 heteroatoms. The molecule has 2 amide bonds. The number of ether oxygens (including phenoxy) is 1. The van der Waals surface area contributed by atoms with Crippen LogP contribution in [0.1, 0.15) is 48.5 Å². The van der Waals surface area contributed by atoms with Gasteiger partial charge in [0.1, 0.15) is 28.6 Å². The molecular formula is C31H32N6O3. The van der Waals surface area contributed by atoms with Crippen LogP contribution in [0.25, 0.3) is 16.1 Å². The van der Waals surface area contributed by atoms with Gasteiger partial charge in [-0.2, -0.15) is 5.10 Å². The van der Waals surface area contributed by atoms with Crippen molar-refractivity contribution in [2.75, 3.05) is 25.0 Å². The van der Waals surface area contributed by atoms with Crippen LogP contribution in [0.5, 0.6) is 11.5 Å². The maximum atomic E-state index is 12.9. The van der Waals surface area contributed by atoms with Crippen LogP contribution < -0.4 is 15.8 Å². The van der Waals surface area contributed by atoms with Crippen molar-refractivity contribution in [3.63, 3.8) is 0 Å². The lowest BCUT2D eigenvalue weighted by atomic mass is 9.86. The van der Waals surface area contributed by atoms with Crippen LogP contribution in [-0.2, 0) is 4.79 Å². The van der Waals surface area contributed by atoms with Crippen LogP contribution in [0.4, 0.5) is 5.82 Å². The summed E-state index contributed by atoms with van der Waals surface area (Å²) in [4.78, 5) is 30.9. The SMILES string of the molecule is [C-]#[N+]/C(=C\C1CC1)C(=O)N1CCC([C@@H]2CCNc3c(C(N)=O)c(-c4ccc(Oc5ccccc5)cc4)nn32)CC1. The number of para-hydroxylation sites is 1. The van der Waals surface area contributed by atoms with Crippen LogP contribution in [0.2, 0.25) is 0 Å². The second kappa shape index (κ2) is 10.9. The summed E-state index contributed by atoms with van der Waals surface area (Å²) in [6.45, 7) is 9.38. The lowest BCUT2D eigenvalue weighted by molar-refractivity contribution is -0.128. The van der Waals surface area contributed by atoms with E-state index >= 15 is 0 Å². The van der Waals surface area contributed by atoms with E-state index in [1.807, 2.05) is 70.3 Å². The second-order valence-electron chi connectivity index (χ2n) is 10.7. The summed E-state index contributed by atoms with van der Waals surface area (Å²) in [6, 6.07) is 17.1. The van der Waals surface area contributed by atoms with Gasteiger partial charge >= 0.3 is 0 Å². The van der Waals surface area contributed by atoms with Crippen molar-refractivity contribution in [2.45, 2.75) is 38.1 Å². The number of likely N-dealkylation sites (tertiary alicyclic amines) is 1. The summed E-state index contributed by atoms with van der Waals surface area (Å²) in [5.74, 6) is 2.10. The van der Waals surface area contributed by atoms with Gasteiger partial charge in [-0.3, -0.25) is 9.59 Å². The van der Waals surface area contributed by atoms with Gasteiger partial charge in [0.05, 0.1) is 12.6 Å². The van der Waals surface area contributed by atoms with Gasteiger partial charge in [0.15, 0.2) is 0 Å². The summed E-state index contributed by atoms with van der Waals surface area (Å²) >= 11 is 0. The highest BCUT2D eigenvalue weighted by molar-refractivity contribution is 6.04. The number of hydrogen-bond acceptors (Lipinski definition) is 5. The van der Waals surface area contributed by atoms with Gasteiger partial charge in [0.2, 0.25) is 5.70 Å². The van der Waals surface area contributed by atoms with E-state index in [0.29, 0.717) is 54.3 Å². The molecule has 0 unspecified atom stereocenters. The molecule has 2 aliphatic heterocycles. The highest BCUT2D eigenvalue weighted by Crippen LogP contribution is 2.40. The Morgan fingerprint density at radius 2 is 1.70 bits per heavy atom. The van der Waals surface area contributed by atoms with E-state index in [9.17, 15) is 9.59 Å². The topological polar surface area (TPSA) is 107 Å². The highest BCUT2D eigenvalue weighted by atomic mass is 16.5. The fourth-order valence-corrected chi connectivity index (χ4v) is 5.77. The first-order valence-electron chi connectivity index (χ1n) is 13.9. The standard InChI is InChI=1S/C31H32N6O3/c1-33-25(19-20-7-8-20)31(39)36-17-14-21(15-18-36)26-13-16-34-30-27(29(32)38)28(35-37(26)30)22-9-11-24(12-10-22)40-23-5-3-2-4-6-23/h2-6,9-12,19-21,26,34H,7-8,13-18H2,(H2,32,38)/b25-19-/t26-/m0/s1. The Hall–Kier alpha value is -4.58. The zero-order valence-corrected chi connectivity index (χ0v) is 22.3. The summed E-state index contributed by atoms with van der Waals surface area (Å²) in [5.41, 5.74) is 7.86. The number of carbonyl (C=O) groups excluding carboxylic acids is 2. The van der Waals surface area contributed by atoms with Crippen molar-refractivity contribution in [2.24, 2.45) is 17.6 Å². The zero-order valence-electron chi connectivity index (χ0n) is 22.3. The molecule has 0 spiro atoms. The first-order valence-corrected chi connectivity index (χ1v) is 13.9. The van der Waals surface area contributed by atoms with Crippen molar-refractivity contribution >= 4 is 17.6 Å². The van der Waals surface area contributed by atoms with Gasteiger partial charge in [0, 0.05) is 25.2 Å². The number of nitrogens with zero attached hydrogens (tertiary/aromatic N) is 4. The molecular weight excluding hydrogens is 504 g/mol. The van der Waals surface area contributed by atoms with Gasteiger partial charge in [-0.1, -0.05) is 24.3 Å². The maximum absolute atomic E-state index is 12.9. The Bertz CT molecular complexity index is 1480. The zero-order chi connectivity index (χ0) is 27.6. The first-order chi connectivity index (χ1) is 19.5. The lowest BCUT2D eigenvalue weighted by Crippen LogP contribution is -2.42. The molecule has 1 atom stereocenters. The molecule has 2 fully saturated rings. The number of anilines is 1. The predicted molar refractivity (Wildman–Crippen MR) is 152 cm³/mol. The van der Waals surface area contributed by atoms with Gasteiger partial charge in [-0.05, 0) is 80.3 Å². The summed E-state index contributed by atoms with van der Waals surface area (Å²) in [6.07, 6.45) is 6.48. The Balaban J connectivity index is 1.20. The number of primary amides is 1. The number of nitrogens with one attached hydrogen (secondary N) is 1. The predicted octanol–water partition coefficient (Wildman–Crippen LogP) is 5.25. The van der Waals surface area contributed by atoms with E-state index in [2.05, 4.69) is 10.2 Å². The van der Waals surface area contributed by atoms with E-state index in [1.54, 1.807) is 0 Å². The highest BCUT2D eigenvalue weighted by Gasteiger charge is 2.36. The summed E-state index contributed by atoms with van der Waals surface area (Å²) in [7, 11) is 0. The third-order valence-corrected chi connectivity index (χ3v) is 8.04. The number of hydrogen-bond donors (Lipinski definition) is 2. The van der Waals surface area contributed by atoms with Crippen LogP contribution in [-0.4, -0.2) is 46.1 Å². The number of carbonyl (C=O) groups is 2. The van der Waals surface area contributed by atoms with E-state index in [1.165, 1.54) is 0 Å². The molecule has 0 radical (unpaired) electrons. The van der Waals surface area contributed by atoms with E-state index < -0.39 is 5.91 Å². The normalized spacial score (nSPS) is 19.3. The summed E-state index contributed by atoms with van der Waals surface area (Å²) < 4.78 is 7.85. The third-order valence-electron chi connectivity index (χ3n) is 8.04. The molecule has 0 bridgehead atoms. The molecule has 1 saturated carbocycles. The van der Waals surface area contributed by atoms with Gasteiger partial charge in [-0.15, -0.1) is 0 Å². The maximum Gasteiger partial charge on any atom is 0.254 e. The van der Waals surface area contributed by atoms with Crippen molar-refractivity contribution < 1.29 is 14.3 Å². The fraction of sp³-hybridized carbons (Fsp3) is 0.355. The van der Waals surface area contributed by atoms with Crippen LogP contribution in [0, 0.1) is 18.4 Å².